The number of esters is 1. The first-order valence-electron chi connectivity index (χ1n) is 8.78. The van der Waals surface area contributed by atoms with Crippen LogP contribution >= 0.6 is 24.0 Å². The van der Waals surface area contributed by atoms with E-state index >= 15 is 0 Å². The number of rotatable bonds is 6. The van der Waals surface area contributed by atoms with Crippen LogP contribution in [0.4, 0.5) is 0 Å². The number of benzene rings is 1. The molecule has 1 aromatic rings. The molecule has 0 amide bonds. The van der Waals surface area contributed by atoms with Crippen molar-refractivity contribution >= 4 is 45.7 Å². The number of likely N-dealkylation sites (tertiary alicyclic amines) is 1. The number of methoxy groups -OCH3 is 1. The van der Waals surface area contributed by atoms with Crippen molar-refractivity contribution in [1.29, 1.82) is 0 Å². The molecule has 2 unspecified atom stereocenters. The Morgan fingerprint density at radius 1 is 1.30 bits per heavy atom. The fourth-order valence-corrected chi connectivity index (χ4v) is 4.18. The van der Waals surface area contributed by atoms with Crippen molar-refractivity contribution < 1.29 is 17.9 Å². The zero-order chi connectivity index (χ0) is 19.2. The monoisotopic (exact) mass is 509 g/mol. The van der Waals surface area contributed by atoms with Crippen LogP contribution in [0.1, 0.15) is 13.8 Å². The van der Waals surface area contributed by atoms with Crippen LogP contribution in [-0.2, 0) is 19.4 Å². The fourth-order valence-electron chi connectivity index (χ4n) is 3.04. The molecule has 0 bridgehead atoms. The highest BCUT2D eigenvalue weighted by atomic mass is 127. The highest BCUT2D eigenvalue weighted by Crippen LogP contribution is 2.24. The van der Waals surface area contributed by atoms with E-state index in [4.69, 9.17) is 4.74 Å². The summed E-state index contributed by atoms with van der Waals surface area (Å²) < 4.78 is 29.6. The third kappa shape index (κ3) is 6.34. The lowest BCUT2D eigenvalue weighted by atomic mass is 9.99. The first-order valence-corrected chi connectivity index (χ1v) is 10.4. The topological polar surface area (TPSA) is 88.1 Å². The molecular formula is C18H28IN3O4S. The zero-order valence-electron chi connectivity index (χ0n) is 15.9. The van der Waals surface area contributed by atoms with Gasteiger partial charge >= 0.3 is 5.97 Å². The Bertz CT molecular complexity index is 740. The molecule has 0 radical (unpaired) electrons. The molecule has 1 N–H and O–H groups in total. The molecule has 1 saturated heterocycles. The van der Waals surface area contributed by atoms with E-state index in [1.54, 1.807) is 30.3 Å². The van der Waals surface area contributed by atoms with Crippen molar-refractivity contribution in [3.8, 4) is 0 Å². The van der Waals surface area contributed by atoms with E-state index in [2.05, 4.69) is 10.3 Å². The van der Waals surface area contributed by atoms with Gasteiger partial charge in [0.25, 0.3) is 0 Å². The van der Waals surface area contributed by atoms with Gasteiger partial charge in [-0.2, -0.15) is 0 Å². The summed E-state index contributed by atoms with van der Waals surface area (Å²) in [5.41, 5.74) is 0. The van der Waals surface area contributed by atoms with E-state index in [1.165, 1.54) is 7.11 Å². The summed E-state index contributed by atoms with van der Waals surface area (Å²) in [7, 11) is -1.97. The predicted molar refractivity (Wildman–Crippen MR) is 116 cm³/mol. The average molecular weight is 509 g/mol. The van der Waals surface area contributed by atoms with Gasteiger partial charge in [-0.1, -0.05) is 25.1 Å². The van der Waals surface area contributed by atoms with Gasteiger partial charge in [0.1, 0.15) is 0 Å². The average Bonchev–Trinajstić information content (AvgIpc) is 3.02. The summed E-state index contributed by atoms with van der Waals surface area (Å²) in [4.78, 5) is 18.6. The van der Waals surface area contributed by atoms with Gasteiger partial charge in [-0.25, -0.2) is 8.42 Å². The third-order valence-corrected chi connectivity index (χ3v) is 6.19. The second-order valence-electron chi connectivity index (χ2n) is 6.38. The normalized spacial score (nSPS) is 20.1. The van der Waals surface area contributed by atoms with Crippen LogP contribution in [0.2, 0.25) is 0 Å². The number of carbonyl (C=O) groups excluding carboxylic acids is 1. The minimum atomic E-state index is -3.36. The Labute approximate surface area is 178 Å². The van der Waals surface area contributed by atoms with Gasteiger partial charge in [-0.05, 0) is 25.0 Å². The summed E-state index contributed by atoms with van der Waals surface area (Å²) in [6, 6.07) is 8.38. The number of nitrogens with one attached hydrogen (secondary N) is 1. The molecule has 0 aliphatic carbocycles. The summed E-state index contributed by atoms with van der Waals surface area (Å²) in [5.74, 6) is 0.309. The molecule has 1 heterocycles. The molecule has 1 aliphatic heterocycles. The Morgan fingerprint density at radius 3 is 2.56 bits per heavy atom. The quantitative estimate of drug-likeness (QED) is 0.272. The van der Waals surface area contributed by atoms with Gasteiger partial charge in [0.2, 0.25) is 0 Å². The Balaban J connectivity index is 0.00000364. The molecule has 1 fully saturated rings. The largest absolute Gasteiger partial charge is 0.469 e. The smallest absolute Gasteiger partial charge is 0.310 e. The number of sulfone groups is 1. The minimum Gasteiger partial charge on any atom is -0.469 e. The number of carbonyl (C=O) groups is 1. The lowest BCUT2D eigenvalue weighted by Gasteiger charge is -2.21. The lowest BCUT2D eigenvalue weighted by Crippen LogP contribution is -2.41. The number of hydrogen-bond acceptors (Lipinski definition) is 5. The minimum absolute atomic E-state index is 0. The second kappa shape index (κ2) is 10.8. The van der Waals surface area contributed by atoms with E-state index in [9.17, 15) is 13.2 Å². The number of ether oxygens (including phenoxy) is 1. The molecule has 2 rings (SSSR count). The highest BCUT2D eigenvalue weighted by molar-refractivity contribution is 14.0. The standard InChI is InChI=1S/C18H27N3O4S.HI/c1-4-19-18(21-12-14(2)16(13-21)17(22)25-3)20-10-11-26(23,24)15-8-6-5-7-9-15;/h5-9,14,16H,4,10-13H2,1-3H3,(H,19,20);1H. The molecule has 1 aromatic carbocycles. The molecular weight excluding hydrogens is 481 g/mol. The van der Waals surface area contributed by atoms with E-state index in [0.717, 1.165) is 0 Å². The van der Waals surface area contributed by atoms with Crippen molar-refractivity contribution in [2.24, 2.45) is 16.8 Å². The fraction of sp³-hybridized carbons (Fsp3) is 0.556. The molecule has 1 aliphatic rings. The molecule has 7 nitrogen and oxygen atoms in total. The summed E-state index contributed by atoms with van der Waals surface area (Å²) in [6.45, 7) is 5.98. The number of nitrogens with zero attached hydrogens (tertiary/aromatic N) is 2. The number of aliphatic imine (C=N–C) groups is 1. The first-order chi connectivity index (χ1) is 12.4. The van der Waals surface area contributed by atoms with Crippen molar-refractivity contribution in [2.75, 3.05) is 39.0 Å². The Kier molecular flexibility index (Phi) is 9.51. The van der Waals surface area contributed by atoms with Gasteiger partial charge in [-0.3, -0.25) is 9.79 Å². The van der Waals surface area contributed by atoms with E-state index in [0.29, 0.717) is 30.5 Å². The van der Waals surface area contributed by atoms with Crippen LogP contribution in [0.5, 0.6) is 0 Å². The molecule has 9 heteroatoms. The molecule has 27 heavy (non-hydrogen) atoms. The molecule has 152 valence electrons. The summed E-state index contributed by atoms with van der Waals surface area (Å²) in [5, 5.41) is 3.18. The van der Waals surface area contributed by atoms with Crippen molar-refractivity contribution in [1.82, 2.24) is 10.2 Å². The van der Waals surface area contributed by atoms with E-state index in [-0.39, 0.29) is 54.1 Å². The Hall–Kier alpha value is -1.36. The number of hydrogen-bond donors (Lipinski definition) is 1. The third-order valence-electron chi connectivity index (χ3n) is 4.47. The summed E-state index contributed by atoms with van der Waals surface area (Å²) in [6.07, 6.45) is 0. The van der Waals surface area contributed by atoms with Crippen LogP contribution in [0.15, 0.2) is 40.2 Å². The van der Waals surface area contributed by atoms with E-state index < -0.39 is 9.84 Å². The molecule has 0 spiro atoms. The van der Waals surface area contributed by atoms with Gasteiger partial charge in [0, 0.05) is 19.6 Å². The number of halogens is 1. The molecule has 0 aromatic heterocycles. The van der Waals surface area contributed by atoms with Crippen molar-refractivity contribution in [3.05, 3.63) is 30.3 Å². The van der Waals surface area contributed by atoms with Crippen LogP contribution in [-0.4, -0.2) is 64.3 Å². The number of guanidine groups is 1. The predicted octanol–water partition coefficient (Wildman–Crippen LogP) is 1.78. The first kappa shape index (κ1) is 23.7. The SMILES string of the molecule is CCNC(=NCCS(=O)(=O)c1ccccc1)N1CC(C)C(C(=O)OC)C1.I. The van der Waals surface area contributed by atoms with Crippen LogP contribution in [0.25, 0.3) is 0 Å². The molecule has 0 saturated carbocycles. The maximum absolute atomic E-state index is 12.4. The van der Waals surface area contributed by atoms with Gasteiger partial charge in [0.15, 0.2) is 15.8 Å². The van der Waals surface area contributed by atoms with Crippen molar-refractivity contribution in [3.63, 3.8) is 0 Å². The lowest BCUT2D eigenvalue weighted by molar-refractivity contribution is -0.145. The Morgan fingerprint density at radius 2 is 1.96 bits per heavy atom. The zero-order valence-corrected chi connectivity index (χ0v) is 19.1. The summed E-state index contributed by atoms with van der Waals surface area (Å²) >= 11 is 0. The van der Waals surface area contributed by atoms with Gasteiger partial charge in [-0.15, -0.1) is 24.0 Å². The maximum atomic E-state index is 12.4. The van der Waals surface area contributed by atoms with E-state index in [1.807, 2.05) is 18.7 Å². The van der Waals surface area contributed by atoms with Gasteiger partial charge in [0.05, 0.1) is 30.2 Å². The maximum Gasteiger partial charge on any atom is 0.310 e. The van der Waals surface area contributed by atoms with Crippen molar-refractivity contribution in [2.45, 2.75) is 18.7 Å². The second-order valence-corrected chi connectivity index (χ2v) is 8.49. The molecule has 2 atom stereocenters. The van der Waals surface area contributed by atoms with Gasteiger partial charge < -0.3 is 15.0 Å². The van der Waals surface area contributed by atoms with Crippen LogP contribution in [0, 0.1) is 11.8 Å². The van der Waals surface area contributed by atoms with Crippen LogP contribution < -0.4 is 5.32 Å². The van der Waals surface area contributed by atoms with Crippen LogP contribution in [0.3, 0.4) is 0 Å². The highest BCUT2D eigenvalue weighted by Gasteiger charge is 2.36.